The number of hydrogen-bond donors (Lipinski definition) is 2. The summed E-state index contributed by atoms with van der Waals surface area (Å²) in [4.78, 5) is 19.6. The zero-order valence-electron chi connectivity index (χ0n) is 15.2. The Labute approximate surface area is 159 Å². The highest BCUT2D eigenvalue weighted by atomic mass is 19.4. The molecule has 28 heavy (non-hydrogen) atoms. The van der Waals surface area contributed by atoms with E-state index in [1.165, 1.54) is 30.6 Å². The lowest BCUT2D eigenvalue weighted by Crippen LogP contribution is -2.38. The van der Waals surface area contributed by atoms with Gasteiger partial charge in [0.15, 0.2) is 5.60 Å². The Morgan fingerprint density at radius 2 is 2.07 bits per heavy atom. The molecule has 2 heterocycles. The Balaban J connectivity index is 1.75. The number of amides is 1. The molecule has 150 valence electrons. The number of alkyl halides is 3. The second-order valence-electron chi connectivity index (χ2n) is 6.50. The van der Waals surface area contributed by atoms with Gasteiger partial charge in [0.2, 0.25) is 5.91 Å². The zero-order chi connectivity index (χ0) is 20.5. The van der Waals surface area contributed by atoms with E-state index in [-0.39, 0.29) is 29.8 Å². The van der Waals surface area contributed by atoms with Crippen LogP contribution in [0.25, 0.3) is 0 Å². The van der Waals surface area contributed by atoms with Crippen molar-refractivity contribution in [3.8, 4) is 11.8 Å². The Hall–Kier alpha value is -2.72. The van der Waals surface area contributed by atoms with Crippen LogP contribution in [0.15, 0.2) is 30.6 Å². The molecule has 0 spiro atoms. The number of anilines is 1. The van der Waals surface area contributed by atoms with Gasteiger partial charge in [0.1, 0.15) is 5.75 Å². The molecule has 1 aliphatic rings. The van der Waals surface area contributed by atoms with Gasteiger partial charge in [-0.2, -0.15) is 13.2 Å². The minimum atomic E-state index is -4.56. The van der Waals surface area contributed by atoms with Gasteiger partial charge in [-0.1, -0.05) is 13.0 Å². The first-order chi connectivity index (χ1) is 13.1. The number of nitrogens with one attached hydrogen (secondary N) is 1. The van der Waals surface area contributed by atoms with Crippen LogP contribution in [0.3, 0.4) is 0 Å². The van der Waals surface area contributed by atoms with Gasteiger partial charge in [0.05, 0.1) is 30.7 Å². The van der Waals surface area contributed by atoms with Crippen molar-refractivity contribution in [2.75, 3.05) is 5.32 Å². The number of carbonyl (C=O) groups is 1. The summed E-state index contributed by atoms with van der Waals surface area (Å²) in [5, 5.41) is 2.56. The van der Waals surface area contributed by atoms with E-state index in [9.17, 15) is 18.0 Å². The molecule has 10 heteroatoms. The molecule has 7 nitrogen and oxygen atoms in total. The SMILES string of the molecule is CC[C@@H](N)C(=O)Nc1cnc(Oc2ccc3c(c2)C(C)(C(F)(F)F)OC3)nc1. The first-order valence-electron chi connectivity index (χ1n) is 8.54. The van der Waals surface area contributed by atoms with Gasteiger partial charge in [-0.25, -0.2) is 9.97 Å². The summed E-state index contributed by atoms with van der Waals surface area (Å²) in [6, 6.07) is 3.58. The highest BCUT2D eigenvalue weighted by Crippen LogP contribution is 2.48. The third kappa shape index (κ3) is 3.78. The van der Waals surface area contributed by atoms with Gasteiger partial charge in [-0.3, -0.25) is 4.79 Å². The standard InChI is InChI=1S/C18H19F3N4O3/c1-3-14(22)15(26)25-11-7-23-16(24-8-11)28-12-5-4-10-9-27-17(2,13(10)6-12)18(19,20)21/h4-8,14H,3,9,22H2,1-2H3,(H,25,26)/t14-,17?/m1/s1. The topological polar surface area (TPSA) is 99.4 Å². The maximum atomic E-state index is 13.4. The summed E-state index contributed by atoms with van der Waals surface area (Å²) in [5.41, 5.74) is 4.00. The van der Waals surface area contributed by atoms with E-state index in [0.29, 0.717) is 17.7 Å². The molecular weight excluding hydrogens is 377 g/mol. The average Bonchev–Trinajstić information content (AvgIpc) is 3.00. The van der Waals surface area contributed by atoms with Crippen LogP contribution in [0.5, 0.6) is 11.8 Å². The van der Waals surface area contributed by atoms with Crippen LogP contribution in [0.4, 0.5) is 18.9 Å². The summed E-state index contributed by atoms with van der Waals surface area (Å²) >= 11 is 0. The van der Waals surface area contributed by atoms with Crippen LogP contribution >= 0.6 is 0 Å². The first-order valence-corrected chi connectivity index (χ1v) is 8.54. The summed E-state index contributed by atoms with van der Waals surface area (Å²) in [5.74, 6) is -0.227. The van der Waals surface area contributed by atoms with Crippen LogP contribution < -0.4 is 15.8 Å². The third-order valence-corrected chi connectivity index (χ3v) is 4.53. The van der Waals surface area contributed by atoms with Crippen molar-refractivity contribution >= 4 is 11.6 Å². The number of rotatable bonds is 5. The van der Waals surface area contributed by atoms with Crippen LogP contribution in [0, 0.1) is 0 Å². The molecule has 0 saturated heterocycles. The molecule has 0 radical (unpaired) electrons. The van der Waals surface area contributed by atoms with Gasteiger partial charge in [-0.15, -0.1) is 0 Å². The van der Waals surface area contributed by atoms with Crippen LogP contribution in [-0.4, -0.2) is 28.1 Å². The molecule has 0 saturated carbocycles. The highest BCUT2D eigenvalue weighted by molar-refractivity contribution is 5.94. The molecule has 1 unspecified atom stereocenters. The lowest BCUT2D eigenvalue weighted by atomic mass is 9.93. The number of nitrogens with two attached hydrogens (primary N) is 1. The van der Waals surface area contributed by atoms with E-state index < -0.39 is 17.8 Å². The van der Waals surface area contributed by atoms with Gasteiger partial charge in [0, 0.05) is 5.56 Å². The fourth-order valence-corrected chi connectivity index (χ4v) is 2.68. The maximum absolute atomic E-state index is 13.4. The molecule has 3 N–H and O–H groups in total. The van der Waals surface area contributed by atoms with Gasteiger partial charge < -0.3 is 20.5 Å². The molecule has 0 bridgehead atoms. The number of nitrogens with zero attached hydrogens (tertiary/aromatic N) is 2. The Morgan fingerprint density at radius 3 is 2.68 bits per heavy atom. The maximum Gasteiger partial charge on any atom is 0.421 e. The van der Waals surface area contributed by atoms with E-state index in [1.54, 1.807) is 6.92 Å². The van der Waals surface area contributed by atoms with E-state index in [2.05, 4.69) is 15.3 Å². The Bertz CT molecular complexity index is 873. The second kappa shape index (κ2) is 7.36. The molecule has 1 aromatic carbocycles. The van der Waals surface area contributed by atoms with Crippen molar-refractivity contribution in [1.29, 1.82) is 0 Å². The summed E-state index contributed by atoms with van der Waals surface area (Å²) in [6.45, 7) is 2.64. The number of aromatic nitrogens is 2. The van der Waals surface area contributed by atoms with Crippen molar-refractivity contribution < 1.29 is 27.4 Å². The van der Waals surface area contributed by atoms with Crippen LogP contribution in [0.1, 0.15) is 31.4 Å². The number of carbonyl (C=O) groups excluding carboxylic acids is 1. The molecule has 0 fully saturated rings. The number of ether oxygens (including phenoxy) is 2. The number of fused-ring (bicyclic) bond motifs is 1. The van der Waals surface area contributed by atoms with Crippen molar-refractivity contribution in [1.82, 2.24) is 9.97 Å². The third-order valence-electron chi connectivity index (χ3n) is 4.53. The lowest BCUT2D eigenvalue weighted by Gasteiger charge is -2.27. The quantitative estimate of drug-likeness (QED) is 0.805. The van der Waals surface area contributed by atoms with Gasteiger partial charge in [0.25, 0.3) is 0 Å². The molecule has 1 aromatic heterocycles. The fraction of sp³-hybridized carbons (Fsp3) is 0.389. The van der Waals surface area contributed by atoms with Crippen LogP contribution in [0.2, 0.25) is 0 Å². The summed E-state index contributed by atoms with van der Waals surface area (Å²) < 4.78 is 50.6. The van der Waals surface area contributed by atoms with Gasteiger partial charge in [-0.05, 0) is 31.0 Å². The van der Waals surface area contributed by atoms with E-state index in [0.717, 1.165) is 6.92 Å². The number of benzene rings is 1. The Kier molecular flexibility index (Phi) is 5.26. The molecule has 2 aromatic rings. The number of hydrogen-bond acceptors (Lipinski definition) is 6. The molecule has 2 atom stereocenters. The largest absolute Gasteiger partial charge is 0.424 e. The number of halogens is 3. The van der Waals surface area contributed by atoms with Gasteiger partial charge >= 0.3 is 12.2 Å². The second-order valence-corrected chi connectivity index (χ2v) is 6.50. The van der Waals surface area contributed by atoms with Crippen LogP contribution in [-0.2, 0) is 21.7 Å². The lowest BCUT2D eigenvalue weighted by molar-refractivity contribution is -0.272. The van der Waals surface area contributed by atoms with E-state index >= 15 is 0 Å². The Morgan fingerprint density at radius 1 is 1.39 bits per heavy atom. The molecular formula is C18H19F3N4O3. The van der Waals surface area contributed by atoms with Crippen molar-refractivity contribution in [3.05, 3.63) is 41.7 Å². The van der Waals surface area contributed by atoms with Crippen molar-refractivity contribution in [2.24, 2.45) is 5.73 Å². The molecule has 3 rings (SSSR count). The summed E-state index contributed by atoms with van der Waals surface area (Å²) in [7, 11) is 0. The average molecular weight is 396 g/mol. The molecule has 1 amide bonds. The predicted octanol–water partition coefficient (Wildman–Crippen LogP) is 3.25. The monoisotopic (exact) mass is 396 g/mol. The smallest absolute Gasteiger partial charge is 0.421 e. The molecule has 0 aliphatic carbocycles. The van der Waals surface area contributed by atoms with Crippen molar-refractivity contribution in [3.63, 3.8) is 0 Å². The predicted molar refractivity (Wildman–Crippen MR) is 93.6 cm³/mol. The first kappa shape index (κ1) is 20.0. The van der Waals surface area contributed by atoms with E-state index in [4.69, 9.17) is 15.2 Å². The normalized spacial score (nSPS) is 19.8. The van der Waals surface area contributed by atoms with Crippen molar-refractivity contribution in [2.45, 2.75) is 44.7 Å². The summed E-state index contributed by atoms with van der Waals surface area (Å²) in [6.07, 6.45) is -1.45. The minimum Gasteiger partial charge on any atom is -0.424 e. The fourth-order valence-electron chi connectivity index (χ4n) is 2.68. The minimum absolute atomic E-state index is 0.00469. The van der Waals surface area contributed by atoms with E-state index in [1.807, 2.05) is 0 Å². The molecule has 1 aliphatic heterocycles. The zero-order valence-corrected chi connectivity index (χ0v) is 15.2. The highest BCUT2D eigenvalue weighted by Gasteiger charge is 2.57.